The van der Waals surface area contributed by atoms with E-state index in [-0.39, 0.29) is 18.2 Å². The van der Waals surface area contributed by atoms with Crippen molar-refractivity contribution in [2.24, 2.45) is 0 Å². The minimum atomic E-state index is -0.425. The molecule has 2 aromatic rings. The number of imide groups is 1. The zero-order valence-electron chi connectivity index (χ0n) is 15.7. The first-order chi connectivity index (χ1) is 13.6. The lowest BCUT2D eigenvalue weighted by Crippen LogP contribution is -2.52. The highest BCUT2D eigenvalue weighted by Crippen LogP contribution is 2.33. The van der Waals surface area contributed by atoms with Crippen LogP contribution in [0.1, 0.15) is 6.42 Å². The lowest BCUT2D eigenvalue weighted by atomic mass is 10.1. The minimum absolute atomic E-state index is 0.180. The average Bonchev–Trinajstić information content (AvgIpc) is 3.02. The van der Waals surface area contributed by atoms with Gasteiger partial charge in [0.15, 0.2) is 0 Å². The molecule has 0 saturated carbocycles. The molecule has 2 aliphatic heterocycles. The van der Waals surface area contributed by atoms with Crippen LogP contribution in [0.5, 0.6) is 5.75 Å². The predicted molar refractivity (Wildman–Crippen MR) is 109 cm³/mol. The Hall–Kier alpha value is -2.57. The summed E-state index contributed by atoms with van der Waals surface area (Å²) in [5.41, 5.74) is 1.52. The van der Waals surface area contributed by atoms with Crippen molar-refractivity contribution in [3.63, 3.8) is 0 Å². The van der Waals surface area contributed by atoms with E-state index in [9.17, 15) is 9.59 Å². The van der Waals surface area contributed by atoms with E-state index in [4.69, 9.17) is 16.3 Å². The molecule has 2 amide bonds. The van der Waals surface area contributed by atoms with Crippen LogP contribution in [0.3, 0.4) is 0 Å². The molecular weight excluding hydrogens is 378 g/mol. The molecule has 4 rings (SSSR count). The number of para-hydroxylation sites is 3. The second-order valence-electron chi connectivity index (χ2n) is 6.93. The van der Waals surface area contributed by atoms with E-state index in [0.29, 0.717) is 24.5 Å². The summed E-state index contributed by atoms with van der Waals surface area (Å²) in [7, 11) is 1.54. The van der Waals surface area contributed by atoms with E-state index in [1.54, 1.807) is 18.2 Å². The third kappa shape index (κ3) is 3.34. The number of nitrogens with zero attached hydrogens (tertiary/aromatic N) is 3. The Kier molecular flexibility index (Phi) is 5.24. The quantitative estimate of drug-likeness (QED) is 0.740. The highest BCUT2D eigenvalue weighted by Gasteiger charge is 2.44. The smallest absolute Gasteiger partial charge is 0.251 e. The summed E-state index contributed by atoms with van der Waals surface area (Å²) in [5.74, 6) is 0.155. The van der Waals surface area contributed by atoms with Crippen molar-refractivity contribution in [3.8, 4) is 5.75 Å². The number of rotatable bonds is 4. The number of ether oxygens (including phenoxy) is 1. The lowest BCUT2D eigenvalue weighted by molar-refractivity contribution is -0.123. The number of carbonyl (C=O) groups is 2. The third-order valence-corrected chi connectivity index (χ3v) is 5.72. The van der Waals surface area contributed by atoms with E-state index in [0.717, 1.165) is 23.8 Å². The van der Waals surface area contributed by atoms with Gasteiger partial charge in [-0.25, -0.2) is 4.90 Å². The first-order valence-corrected chi connectivity index (χ1v) is 9.71. The maximum absolute atomic E-state index is 13.1. The van der Waals surface area contributed by atoms with E-state index in [1.807, 2.05) is 30.3 Å². The molecule has 2 fully saturated rings. The van der Waals surface area contributed by atoms with Gasteiger partial charge in [0.1, 0.15) is 5.75 Å². The molecule has 6 nitrogen and oxygen atoms in total. The number of piperazine rings is 1. The van der Waals surface area contributed by atoms with Crippen molar-refractivity contribution >= 4 is 34.8 Å². The van der Waals surface area contributed by atoms with Crippen LogP contribution >= 0.6 is 11.6 Å². The molecule has 0 aliphatic carbocycles. The zero-order chi connectivity index (χ0) is 19.7. The molecule has 0 N–H and O–H groups in total. The molecular formula is C21H22ClN3O3. The molecule has 2 saturated heterocycles. The van der Waals surface area contributed by atoms with Gasteiger partial charge < -0.3 is 9.64 Å². The third-order valence-electron chi connectivity index (χ3n) is 5.40. The number of carbonyl (C=O) groups excluding carboxylic acids is 2. The van der Waals surface area contributed by atoms with Crippen LogP contribution in [0.4, 0.5) is 11.4 Å². The molecule has 146 valence electrons. The average molecular weight is 400 g/mol. The van der Waals surface area contributed by atoms with E-state index >= 15 is 0 Å². The molecule has 2 aromatic carbocycles. The van der Waals surface area contributed by atoms with Gasteiger partial charge in [-0.3, -0.25) is 14.5 Å². The van der Waals surface area contributed by atoms with Gasteiger partial charge in [-0.15, -0.1) is 0 Å². The number of amides is 2. The number of hydrogen-bond acceptors (Lipinski definition) is 5. The fraction of sp³-hybridized carbons (Fsp3) is 0.333. The number of benzene rings is 2. The van der Waals surface area contributed by atoms with Crippen LogP contribution in [-0.4, -0.2) is 56.0 Å². The van der Waals surface area contributed by atoms with Crippen LogP contribution in [0.2, 0.25) is 5.02 Å². The maximum atomic E-state index is 13.1. The largest absolute Gasteiger partial charge is 0.495 e. The summed E-state index contributed by atoms with van der Waals surface area (Å²) in [6.45, 7) is 2.93. The lowest BCUT2D eigenvalue weighted by Gasteiger charge is -2.38. The molecule has 2 aliphatic rings. The Balaban J connectivity index is 1.47. The Labute approximate surface area is 169 Å². The van der Waals surface area contributed by atoms with Gasteiger partial charge in [0, 0.05) is 26.2 Å². The second kappa shape index (κ2) is 7.81. The van der Waals surface area contributed by atoms with Crippen molar-refractivity contribution in [1.82, 2.24) is 4.90 Å². The van der Waals surface area contributed by atoms with Gasteiger partial charge >= 0.3 is 0 Å². The van der Waals surface area contributed by atoms with Crippen molar-refractivity contribution in [2.45, 2.75) is 12.5 Å². The van der Waals surface area contributed by atoms with Crippen LogP contribution < -0.4 is 14.5 Å². The fourth-order valence-corrected chi connectivity index (χ4v) is 4.21. The topological polar surface area (TPSA) is 53.1 Å². The molecule has 0 spiro atoms. The van der Waals surface area contributed by atoms with Gasteiger partial charge in [-0.05, 0) is 24.3 Å². The second-order valence-corrected chi connectivity index (χ2v) is 7.34. The maximum Gasteiger partial charge on any atom is 0.251 e. The summed E-state index contributed by atoms with van der Waals surface area (Å²) in [6, 6.07) is 14.5. The highest BCUT2D eigenvalue weighted by molar-refractivity contribution is 6.33. The monoisotopic (exact) mass is 399 g/mol. The molecule has 2 heterocycles. The summed E-state index contributed by atoms with van der Waals surface area (Å²) in [4.78, 5) is 31.3. The fourth-order valence-electron chi connectivity index (χ4n) is 3.95. The van der Waals surface area contributed by atoms with E-state index in [1.165, 1.54) is 12.0 Å². The van der Waals surface area contributed by atoms with Crippen molar-refractivity contribution in [1.29, 1.82) is 0 Å². The predicted octanol–water partition coefficient (Wildman–Crippen LogP) is 2.80. The normalized spacial score (nSPS) is 20.7. The molecule has 0 unspecified atom stereocenters. The molecule has 0 radical (unpaired) electrons. The van der Waals surface area contributed by atoms with Gasteiger partial charge in [-0.1, -0.05) is 35.9 Å². The van der Waals surface area contributed by atoms with Gasteiger partial charge in [0.05, 0.1) is 36.0 Å². The Morgan fingerprint density at radius 3 is 2.25 bits per heavy atom. The molecule has 0 aromatic heterocycles. The number of anilines is 2. The zero-order valence-corrected chi connectivity index (χ0v) is 16.4. The first kappa shape index (κ1) is 18.8. The molecule has 1 atom stereocenters. The summed E-state index contributed by atoms with van der Waals surface area (Å²) >= 11 is 6.31. The Morgan fingerprint density at radius 2 is 1.57 bits per heavy atom. The van der Waals surface area contributed by atoms with Crippen LogP contribution in [0.15, 0.2) is 48.5 Å². The van der Waals surface area contributed by atoms with Crippen molar-refractivity contribution in [3.05, 3.63) is 53.6 Å². The van der Waals surface area contributed by atoms with Gasteiger partial charge in [-0.2, -0.15) is 0 Å². The van der Waals surface area contributed by atoms with Crippen molar-refractivity contribution in [2.75, 3.05) is 43.1 Å². The number of methoxy groups -OCH3 is 1. The Bertz CT molecular complexity index is 896. The first-order valence-electron chi connectivity index (χ1n) is 9.33. The molecule has 0 bridgehead atoms. The van der Waals surface area contributed by atoms with Crippen molar-refractivity contribution < 1.29 is 14.3 Å². The standard InChI is InChI=1S/C21H22ClN3O3/c1-28-19-9-5-4-8-17(19)25-20(26)14-18(21(25)27)24-12-10-23(11-13-24)16-7-3-2-6-15(16)22/h2-9,18H,10-14H2,1H3/t18-/m1/s1. The Morgan fingerprint density at radius 1 is 0.929 bits per heavy atom. The SMILES string of the molecule is COc1ccccc1N1C(=O)C[C@@H](N2CCN(c3ccccc3Cl)CC2)C1=O. The minimum Gasteiger partial charge on any atom is -0.495 e. The number of hydrogen-bond donors (Lipinski definition) is 0. The summed E-state index contributed by atoms with van der Waals surface area (Å²) < 4.78 is 5.33. The summed E-state index contributed by atoms with van der Waals surface area (Å²) in [5, 5.41) is 0.727. The molecule has 7 heteroatoms. The van der Waals surface area contributed by atoms with Crippen LogP contribution in [0.25, 0.3) is 0 Å². The van der Waals surface area contributed by atoms with E-state index < -0.39 is 6.04 Å². The van der Waals surface area contributed by atoms with E-state index in [2.05, 4.69) is 9.80 Å². The highest BCUT2D eigenvalue weighted by atomic mass is 35.5. The summed E-state index contributed by atoms with van der Waals surface area (Å²) in [6.07, 6.45) is 0.197. The van der Waals surface area contributed by atoms with Gasteiger partial charge in [0.2, 0.25) is 5.91 Å². The van der Waals surface area contributed by atoms with Crippen LogP contribution in [-0.2, 0) is 9.59 Å². The number of halogens is 1. The van der Waals surface area contributed by atoms with Crippen LogP contribution in [0, 0.1) is 0 Å². The van der Waals surface area contributed by atoms with Gasteiger partial charge in [0.25, 0.3) is 5.91 Å². The molecule has 28 heavy (non-hydrogen) atoms.